The summed E-state index contributed by atoms with van der Waals surface area (Å²) in [5.74, 6) is -0.0603. The van der Waals surface area contributed by atoms with E-state index in [1.54, 1.807) is 6.07 Å². The van der Waals surface area contributed by atoms with E-state index in [4.69, 9.17) is 0 Å². The molecule has 144 valence electrons. The Morgan fingerprint density at radius 1 is 1.08 bits per heavy atom. The van der Waals surface area contributed by atoms with Gasteiger partial charge in [-0.1, -0.05) is 26.0 Å². The molecule has 0 bridgehead atoms. The van der Waals surface area contributed by atoms with Crippen LogP contribution in [0.25, 0.3) is 0 Å². The molecular formula is C21H31FN2O2. The molecule has 2 rings (SSSR count). The van der Waals surface area contributed by atoms with Gasteiger partial charge in [-0.3, -0.25) is 9.59 Å². The number of carbonyl (C=O) groups is 2. The second kappa shape index (κ2) is 10.3. The van der Waals surface area contributed by atoms with Crippen molar-refractivity contribution in [3.05, 3.63) is 35.6 Å². The van der Waals surface area contributed by atoms with E-state index in [1.807, 2.05) is 15.9 Å². The van der Waals surface area contributed by atoms with E-state index in [0.717, 1.165) is 44.3 Å². The molecule has 0 saturated heterocycles. The summed E-state index contributed by atoms with van der Waals surface area (Å²) in [6, 6.07) is 6.70. The van der Waals surface area contributed by atoms with Gasteiger partial charge in [0.25, 0.3) is 0 Å². The van der Waals surface area contributed by atoms with E-state index >= 15 is 0 Å². The van der Waals surface area contributed by atoms with Crippen molar-refractivity contribution in [1.82, 2.24) is 9.80 Å². The van der Waals surface area contributed by atoms with Gasteiger partial charge in [0.2, 0.25) is 11.8 Å². The van der Waals surface area contributed by atoms with Crippen LogP contribution in [0.3, 0.4) is 0 Å². The smallest absolute Gasteiger partial charge is 0.223 e. The van der Waals surface area contributed by atoms with Crippen LogP contribution in [0.15, 0.2) is 24.3 Å². The molecular weight excluding hydrogens is 331 g/mol. The van der Waals surface area contributed by atoms with E-state index in [1.165, 1.54) is 12.1 Å². The van der Waals surface area contributed by atoms with Crippen molar-refractivity contribution >= 4 is 11.8 Å². The topological polar surface area (TPSA) is 40.6 Å². The summed E-state index contributed by atoms with van der Waals surface area (Å²) in [6.07, 6.45) is 5.31. The number of rotatable bonds is 11. The Kier molecular flexibility index (Phi) is 8.07. The summed E-state index contributed by atoms with van der Waals surface area (Å²) in [4.78, 5) is 28.7. The number of benzene rings is 1. The molecule has 0 aromatic heterocycles. The highest BCUT2D eigenvalue weighted by Crippen LogP contribution is 2.29. The van der Waals surface area contributed by atoms with Crippen molar-refractivity contribution in [2.24, 2.45) is 0 Å². The Bertz CT molecular complexity index is 595. The van der Waals surface area contributed by atoms with Gasteiger partial charge in [-0.15, -0.1) is 0 Å². The maximum absolute atomic E-state index is 13.4. The lowest BCUT2D eigenvalue weighted by Crippen LogP contribution is -2.34. The highest BCUT2D eigenvalue weighted by Gasteiger charge is 2.32. The highest BCUT2D eigenvalue weighted by molar-refractivity contribution is 5.79. The number of halogens is 1. The maximum Gasteiger partial charge on any atom is 0.223 e. The van der Waals surface area contributed by atoms with Crippen molar-refractivity contribution < 1.29 is 14.0 Å². The fourth-order valence-electron chi connectivity index (χ4n) is 3.23. The minimum Gasteiger partial charge on any atom is -0.343 e. The second-order valence-electron chi connectivity index (χ2n) is 7.12. The largest absolute Gasteiger partial charge is 0.343 e. The Morgan fingerprint density at radius 3 is 2.31 bits per heavy atom. The Balaban J connectivity index is 1.83. The van der Waals surface area contributed by atoms with Gasteiger partial charge in [-0.05, 0) is 49.8 Å². The third kappa shape index (κ3) is 6.43. The van der Waals surface area contributed by atoms with Crippen molar-refractivity contribution in [2.75, 3.05) is 13.1 Å². The van der Waals surface area contributed by atoms with Gasteiger partial charge >= 0.3 is 0 Å². The molecule has 1 aromatic rings. The zero-order valence-electron chi connectivity index (χ0n) is 16.0. The van der Waals surface area contributed by atoms with Gasteiger partial charge < -0.3 is 9.80 Å². The predicted molar refractivity (Wildman–Crippen MR) is 101 cm³/mol. The first-order chi connectivity index (χ1) is 12.5. The molecule has 0 N–H and O–H groups in total. The fourth-order valence-corrected chi connectivity index (χ4v) is 3.23. The van der Waals surface area contributed by atoms with E-state index in [-0.39, 0.29) is 23.7 Å². The zero-order chi connectivity index (χ0) is 18.9. The Morgan fingerprint density at radius 2 is 1.73 bits per heavy atom. The van der Waals surface area contributed by atoms with Crippen LogP contribution in [0, 0.1) is 5.82 Å². The Hall–Kier alpha value is -1.91. The van der Waals surface area contributed by atoms with Gasteiger partial charge in [0.15, 0.2) is 0 Å². The SMILES string of the molecule is CCCN(CCC)C(=O)CCCC(=O)N(Cc1cccc(F)c1)C1CC1. The summed E-state index contributed by atoms with van der Waals surface area (Å²) >= 11 is 0. The third-order valence-electron chi connectivity index (χ3n) is 4.67. The lowest BCUT2D eigenvalue weighted by molar-refractivity contribution is -0.133. The van der Waals surface area contributed by atoms with Crippen LogP contribution in [-0.2, 0) is 16.1 Å². The summed E-state index contributed by atoms with van der Waals surface area (Å²) in [5, 5.41) is 0. The molecule has 1 aromatic carbocycles. The average molecular weight is 362 g/mol. The summed E-state index contributed by atoms with van der Waals surface area (Å²) in [6.45, 7) is 6.16. The minimum atomic E-state index is -0.275. The zero-order valence-corrected chi connectivity index (χ0v) is 16.0. The Labute approximate surface area is 156 Å². The van der Waals surface area contributed by atoms with Gasteiger partial charge in [0, 0.05) is 38.5 Å². The predicted octanol–water partition coefficient (Wildman–Crippen LogP) is 4.14. The van der Waals surface area contributed by atoms with Gasteiger partial charge in [-0.25, -0.2) is 4.39 Å². The van der Waals surface area contributed by atoms with Crippen LogP contribution < -0.4 is 0 Å². The van der Waals surface area contributed by atoms with Gasteiger partial charge in [0.05, 0.1) is 0 Å². The molecule has 0 spiro atoms. The van der Waals surface area contributed by atoms with Crippen LogP contribution in [0.2, 0.25) is 0 Å². The normalized spacial score (nSPS) is 13.5. The molecule has 0 aliphatic heterocycles. The number of carbonyl (C=O) groups excluding carboxylic acids is 2. The molecule has 26 heavy (non-hydrogen) atoms. The van der Waals surface area contributed by atoms with Crippen LogP contribution in [0.1, 0.15) is 64.4 Å². The number of nitrogens with zero attached hydrogens (tertiary/aromatic N) is 2. The summed E-state index contributed by atoms with van der Waals surface area (Å²) < 4.78 is 13.4. The highest BCUT2D eigenvalue weighted by atomic mass is 19.1. The molecule has 0 atom stereocenters. The molecule has 0 heterocycles. The molecule has 0 radical (unpaired) electrons. The first kappa shape index (κ1) is 20.4. The van der Waals surface area contributed by atoms with Crippen molar-refractivity contribution in [2.45, 2.75) is 71.4 Å². The number of hydrogen-bond donors (Lipinski definition) is 0. The third-order valence-corrected chi connectivity index (χ3v) is 4.67. The van der Waals surface area contributed by atoms with E-state index in [2.05, 4.69) is 13.8 Å². The molecule has 1 saturated carbocycles. The van der Waals surface area contributed by atoms with E-state index in [9.17, 15) is 14.0 Å². The first-order valence-electron chi connectivity index (χ1n) is 9.86. The lowest BCUT2D eigenvalue weighted by atomic mass is 10.1. The molecule has 1 fully saturated rings. The van der Waals surface area contributed by atoms with Crippen LogP contribution >= 0.6 is 0 Å². The number of amides is 2. The average Bonchev–Trinajstić information content (AvgIpc) is 3.44. The quantitative estimate of drug-likeness (QED) is 0.594. The van der Waals surface area contributed by atoms with Crippen LogP contribution in [-0.4, -0.2) is 40.7 Å². The summed E-state index contributed by atoms with van der Waals surface area (Å²) in [5.41, 5.74) is 0.818. The number of hydrogen-bond acceptors (Lipinski definition) is 2. The minimum absolute atomic E-state index is 0.0714. The van der Waals surface area contributed by atoms with Gasteiger partial charge in [0.1, 0.15) is 5.82 Å². The van der Waals surface area contributed by atoms with Crippen LogP contribution in [0.5, 0.6) is 0 Å². The molecule has 4 nitrogen and oxygen atoms in total. The van der Waals surface area contributed by atoms with Crippen molar-refractivity contribution in [3.8, 4) is 0 Å². The standard InChI is InChI=1S/C21H31FN2O2/c1-3-13-23(14-4-2)20(25)9-6-10-21(26)24(19-11-12-19)16-17-7-5-8-18(22)15-17/h5,7-8,15,19H,3-4,6,9-14,16H2,1-2H3. The molecule has 5 heteroatoms. The van der Waals surface area contributed by atoms with Crippen molar-refractivity contribution in [3.63, 3.8) is 0 Å². The molecule has 1 aliphatic rings. The fraction of sp³-hybridized carbons (Fsp3) is 0.619. The summed E-state index contributed by atoms with van der Waals surface area (Å²) in [7, 11) is 0. The molecule has 2 amide bonds. The molecule has 0 unspecified atom stereocenters. The lowest BCUT2D eigenvalue weighted by Gasteiger charge is -2.24. The second-order valence-corrected chi connectivity index (χ2v) is 7.12. The maximum atomic E-state index is 13.4. The first-order valence-corrected chi connectivity index (χ1v) is 9.86. The monoisotopic (exact) mass is 362 g/mol. The van der Waals surface area contributed by atoms with E-state index < -0.39 is 0 Å². The van der Waals surface area contributed by atoms with Crippen LogP contribution in [0.4, 0.5) is 4.39 Å². The van der Waals surface area contributed by atoms with Gasteiger partial charge in [-0.2, -0.15) is 0 Å². The molecule has 1 aliphatic carbocycles. The van der Waals surface area contributed by atoms with Crippen molar-refractivity contribution in [1.29, 1.82) is 0 Å². The van der Waals surface area contributed by atoms with E-state index in [0.29, 0.717) is 25.8 Å².